The number of carboxylic acid groups (broad SMARTS) is 1. The number of benzene rings is 2. The maximum absolute atomic E-state index is 13.3. The summed E-state index contributed by atoms with van der Waals surface area (Å²) >= 11 is 0. The van der Waals surface area contributed by atoms with Gasteiger partial charge in [0.25, 0.3) is 10.0 Å². The molecule has 1 atom stereocenters. The van der Waals surface area contributed by atoms with Gasteiger partial charge >= 0.3 is 5.97 Å². The van der Waals surface area contributed by atoms with Crippen LogP contribution in [0.25, 0.3) is 0 Å². The second-order valence-electron chi connectivity index (χ2n) is 8.63. The molecule has 33 heavy (non-hydrogen) atoms. The van der Waals surface area contributed by atoms with Crippen LogP contribution in [-0.4, -0.2) is 58.7 Å². The second-order valence-corrected chi connectivity index (χ2v) is 10.3. The van der Waals surface area contributed by atoms with E-state index in [0.29, 0.717) is 12.2 Å². The number of nitrogens with one attached hydrogen (secondary N) is 2. The summed E-state index contributed by atoms with van der Waals surface area (Å²) in [7, 11) is 1.27. The highest BCUT2D eigenvalue weighted by Crippen LogP contribution is 2.38. The van der Waals surface area contributed by atoms with Crippen molar-refractivity contribution in [1.29, 1.82) is 0 Å². The standard InChI is InChI=1S/C24H35N3O5S/c1-16(2)17(3)18-12-13-20(22(24(28)29)23(18)32-6)26-33(30,31)21-11-8-7-10-19(21)25-14-9-15-27(4)5/h7-8,10-13,16-17,25-26H,9,14-15H2,1-6H3,(H,28,29). The van der Waals surface area contributed by atoms with Crippen LogP contribution in [0.15, 0.2) is 41.3 Å². The molecule has 0 fully saturated rings. The Labute approximate surface area is 197 Å². The van der Waals surface area contributed by atoms with Crippen LogP contribution in [-0.2, 0) is 10.0 Å². The van der Waals surface area contributed by atoms with Crippen LogP contribution in [0.2, 0.25) is 0 Å². The number of aromatic carboxylic acids is 1. The molecule has 0 saturated heterocycles. The predicted octanol–water partition coefficient (Wildman–Crippen LogP) is 4.32. The maximum Gasteiger partial charge on any atom is 0.341 e. The summed E-state index contributed by atoms with van der Waals surface area (Å²) in [6.45, 7) is 7.51. The summed E-state index contributed by atoms with van der Waals surface area (Å²) in [5, 5.41) is 13.1. The molecule has 3 N–H and O–H groups in total. The van der Waals surface area contributed by atoms with Crippen molar-refractivity contribution >= 4 is 27.4 Å². The van der Waals surface area contributed by atoms with Gasteiger partial charge in [0, 0.05) is 6.54 Å². The van der Waals surface area contributed by atoms with E-state index in [1.54, 1.807) is 24.3 Å². The van der Waals surface area contributed by atoms with Gasteiger partial charge in [-0.25, -0.2) is 13.2 Å². The fourth-order valence-electron chi connectivity index (χ4n) is 3.50. The molecule has 0 spiro atoms. The molecule has 0 aromatic heterocycles. The van der Waals surface area contributed by atoms with Gasteiger partial charge in [0.15, 0.2) is 0 Å². The van der Waals surface area contributed by atoms with Crippen molar-refractivity contribution in [2.45, 2.75) is 38.0 Å². The van der Waals surface area contributed by atoms with Crippen LogP contribution in [0.5, 0.6) is 5.75 Å². The molecule has 0 radical (unpaired) electrons. The van der Waals surface area contributed by atoms with Gasteiger partial charge in [-0.2, -0.15) is 0 Å². The van der Waals surface area contributed by atoms with E-state index in [4.69, 9.17) is 4.74 Å². The number of hydrogen-bond donors (Lipinski definition) is 3. The average Bonchev–Trinajstić information content (AvgIpc) is 2.75. The zero-order valence-electron chi connectivity index (χ0n) is 20.2. The summed E-state index contributed by atoms with van der Waals surface area (Å²) in [5.41, 5.74) is 0.928. The first-order valence-electron chi connectivity index (χ1n) is 10.9. The fourth-order valence-corrected chi connectivity index (χ4v) is 4.76. The minimum absolute atomic E-state index is 0.0239. The molecule has 2 aromatic carbocycles. The Morgan fingerprint density at radius 2 is 1.76 bits per heavy atom. The highest BCUT2D eigenvalue weighted by molar-refractivity contribution is 7.92. The molecular formula is C24H35N3O5S. The monoisotopic (exact) mass is 477 g/mol. The van der Waals surface area contributed by atoms with Crippen LogP contribution >= 0.6 is 0 Å². The number of rotatable bonds is 12. The Morgan fingerprint density at radius 1 is 1.09 bits per heavy atom. The molecule has 0 aliphatic heterocycles. The SMILES string of the molecule is COc1c(C(C)C(C)C)ccc(NS(=O)(=O)c2ccccc2NCCCN(C)C)c1C(=O)O. The van der Waals surface area contributed by atoms with Crippen molar-refractivity contribution in [1.82, 2.24) is 4.90 Å². The summed E-state index contributed by atoms with van der Waals surface area (Å²) in [6, 6.07) is 9.77. The minimum Gasteiger partial charge on any atom is -0.495 e. The molecule has 0 bridgehead atoms. The zero-order chi connectivity index (χ0) is 24.8. The van der Waals surface area contributed by atoms with Gasteiger partial charge in [0.2, 0.25) is 0 Å². The summed E-state index contributed by atoms with van der Waals surface area (Å²) < 4.78 is 34.5. The number of carboxylic acids is 1. The normalized spacial score (nSPS) is 12.6. The van der Waals surface area contributed by atoms with Gasteiger partial charge in [0.1, 0.15) is 16.2 Å². The molecule has 2 aromatic rings. The van der Waals surface area contributed by atoms with Crippen molar-refractivity contribution in [2.75, 3.05) is 44.3 Å². The lowest BCUT2D eigenvalue weighted by molar-refractivity contribution is 0.0694. The number of para-hydroxylation sites is 1. The lowest BCUT2D eigenvalue weighted by atomic mass is 9.88. The van der Waals surface area contributed by atoms with Crippen LogP contribution in [0.4, 0.5) is 11.4 Å². The first kappa shape index (κ1) is 26.5. The topological polar surface area (TPSA) is 108 Å². The Balaban J connectivity index is 2.43. The van der Waals surface area contributed by atoms with Gasteiger partial charge in [-0.3, -0.25) is 4.72 Å². The average molecular weight is 478 g/mol. The minimum atomic E-state index is -4.07. The Hall–Kier alpha value is -2.78. The van der Waals surface area contributed by atoms with Gasteiger partial charge in [-0.1, -0.05) is 39.0 Å². The van der Waals surface area contributed by atoms with E-state index in [0.717, 1.165) is 18.5 Å². The third-order valence-corrected chi connectivity index (χ3v) is 7.04. The van der Waals surface area contributed by atoms with E-state index in [1.165, 1.54) is 19.2 Å². The van der Waals surface area contributed by atoms with E-state index in [1.807, 2.05) is 34.9 Å². The third kappa shape index (κ3) is 6.61. The molecule has 0 aliphatic carbocycles. The van der Waals surface area contributed by atoms with E-state index in [9.17, 15) is 18.3 Å². The third-order valence-electron chi connectivity index (χ3n) is 5.62. The van der Waals surface area contributed by atoms with Gasteiger partial charge in [0.05, 0.1) is 18.5 Å². The number of hydrogen-bond acceptors (Lipinski definition) is 6. The number of anilines is 2. The van der Waals surface area contributed by atoms with Gasteiger partial charge in [-0.15, -0.1) is 0 Å². The van der Waals surface area contributed by atoms with Crippen molar-refractivity contribution < 1.29 is 23.1 Å². The Kier molecular flexibility index (Phi) is 9.13. The molecule has 0 amide bonds. The molecule has 9 heteroatoms. The Morgan fingerprint density at radius 3 is 2.33 bits per heavy atom. The molecule has 182 valence electrons. The maximum atomic E-state index is 13.3. The molecule has 2 rings (SSSR count). The summed E-state index contributed by atoms with van der Waals surface area (Å²) in [4.78, 5) is 14.2. The van der Waals surface area contributed by atoms with E-state index in [-0.39, 0.29) is 33.7 Å². The lowest BCUT2D eigenvalue weighted by Crippen LogP contribution is -2.20. The van der Waals surface area contributed by atoms with Gasteiger partial charge in [-0.05, 0) is 62.7 Å². The van der Waals surface area contributed by atoms with Crippen LogP contribution in [0, 0.1) is 5.92 Å². The molecule has 1 unspecified atom stereocenters. The molecule has 8 nitrogen and oxygen atoms in total. The number of ether oxygens (including phenoxy) is 1. The second kappa shape index (κ2) is 11.4. The van der Waals surface area contributed by atoms with Crippen LogP contribution in [0.3, 0.4) is 0 Å². The quantitative estimate of drug-likeness (QED) is 0.391. The summed E-state index contributed by atoms with van der Waals surface area (Å²) in [6.07, 6.45) is 0.838. The first-order chi connectivity index (χ1) is 15.5. The highest BCUT2D eigenvalue weighted by atomic mass is 32.2. The zero-order valence-corrected chi connectivity index (χ0v) is 21.0. The smallest absolute Gasteiger partial charge is 0.341 e. The molecule has 0 saturated carbocycles. The predicted molar refractivity (Wildman–Crippen MR) is 132 cm³/mol. The van der Waals surface area contributed by atoms with Crippen molar-refractivity contribution in [3.63, 3.8) is 0 Å². The number of carbonyl (C=O) groups is 1. The van der Waals surface area contributed by atoms with Crippen molar-refractivity contribution in [3.05, 3.63) is 47.5 Å². The van der Waals surface area contributed by atoms with E-state index in [2.05, 4.69) is 14.9 Å². The highest BCUT2D eigenvalue weighted by Gasteiger charge is 2.27. The van der Waals surface area contributed by atoms with Crippen LogP contribution < -0.4 is 14.8 Å². The Bertz CT molecular complexity index is 1070. The van der Waals surface area contributed by atoms with Gasteiger partial charge < -0.3 is 20.1 Å². The number of nitrogens with zero attached hydrogens (tertiary/aromatic N) is 1. The fraction of sp³-hybridized carbons (Fsp3) is 0.458. The molecular weight excluding hydrogens is 442 g/mol. The number of sulfonamides is 1. The van der Waals surface area contributed by atoms with Crippen molar-refractivity contribution in [2.24, 2.45) is 5.92 Å². The van der Waals surface area contributed by atoms with E-state index < -0.39 is 16.0 Å². The molecule has 0 aliphatic rings. The van der Waals surface area contributed by atoms with Crippen molar-refractivity contribution in [3.8, 4) is 5.75 Å². The first-order valence-corrected chi connectivity index (χ1v) is 12.4. The lowest BCUT2D eigenvalue weighted by Gasteiger charge is -2.22. The molecule has 0 heterocycles. The number of methoxy groups -OCH3 is 1. The van der Waals surface area contributed by atoms with E-state index >= 15 is 0 Å². The van der Waals surface area contributed by atoms with Crippen LogP contribution in [0.1, 0.15) is 49.0 Å². The summed E-state index contributed by atoms with van der Waals surface area (Å²) in [5.74, 6) is -0.833. The largest absolute Gasteiger partial charge is 0.495 e.